The van der Waals surface area contributed by atoms with Crippen molar-refractivity contribution in [3.05, 3.63) is 29.6 Å². The van der Waals surface area contributed by atoms with Crippen molar-refractivity contribution in [2.24, 2.45) is 0 Å². The van der Waals surface area contributed by atoms with Gasteiger partial charge in [-0.2, -0.15) is 10.5 Å². The fourth-order valence-corrected chi connectivity index (χ4v) is 1.37. The fraction of sp³-hybridized carbons (Fsp3) is 0.333. The van der Waals surface area contributed by atoms with Crippen molar-refractivity contribution in [3.63, 3.8) is 0 Å². The second-order valence-corrected chi connectivity index (χ2v) is 3.47. The highest BCUT2D eigenvalue weighted by Gasteiger charge is 2.10. The first kappa shape index (κ1) is 12.0. The highest BCUT2D eigenvalue weighted by molar-refractivity contribution is 5.53. The molecule has 1 aromatic rings. The molecular weight excluding hydrogens is 205 g/mol. The summed E-state index contributed by atoms with van der Waals surface area (Å²) in [6, 6.07) is 6.63. The van der Waals surface area contributed by atoms with Crippen LogP contribution in [0.2, 0.25) is 0 Å². The Kier molecular flexibility index (Phi) is 4.29. The zero-order valence-electron chi connectivity index (χ0n) is 9.07. The average molecular weight is 217 g/mol. The van der Waals surface area contributed by atoms with E-state index in [0.717, 1.165) is 5.56 Å². The lowest BCUT2D eigenvalue weighted by atomic mass is 10.2. The lowest BCUT2D eigenvalue weighted by Crippen LogP contribution is -2.19. The van der Waals surface area contributed by atoms with Gasteiger partial charge in [0.05, 0.1) is 11.8 Å². The van der Waals surface area contributed by atoms with E-state index in [1.165, 1.54) is 11.0 Å². The molecule has 0 spiro atoms. The minimum absolute atomic E-state index is 0.278. The molecule has 0 aliphatic heterocycles. The number of hydrogen-bond donors (Lipinski definition) is 0. The second kappa shape index (κ2) is 5.72. The third kappa shape index (κ3) is 2.96. The van der Waals surface area contributed by atoms with Gasteiger partial charge in [0.1, 0.15) is 5.82 Å². The first-order valence-electron chi connectivity index (χ1n) is 4.99. The molecule has 4 heteroatoms. The number of nitriles is 2. The van der Waals surface area contributed by atoms with Crippen LogP contribution in [0.1, 0.15) is 18.4 Å². The Morgan fingerprint density at radius 3 is 2.75 bits per heavy atom. The molecule has 82 valence electrons. The van der Waals surface area contributed by atoms with E-state index in [9.17, 15) is 4.39 Å². The normalized spacial score (nSPS) is 9.25. The molecule has 1 aromatic carbocycles. The number of nitrogens with zero attached hydrogens (tertiary/aromatic N) is 3. The third-order valence-electron chi connectivity index (χ3n) is 2.18. The summed E-state index contributed by atoms with van der Waals surface area (Å²) in [6.07, 6.45) is 2.85. The molecule has 0 bridgehead atoms. The van der Waals surface area contributed by atoms with Crippen molar-refractivity contribution < 1.29 is 4.39 Å². The summed E-state index contributed by atoms with van der Waals surface area (Å²) in [5.41, 5.74) is 1.18. The van der Waals surface area contributed by atoms with Gasteiger partial charge in [0, 0.05) is 13.0 Å². The van der Waals surface area contributed by atoms with Gasteiger partial charge in [-0.25, -0.2) is 4.39 Å². The van der Waals surface area contributed by atoms with Gasteiger partial charge in [-0.05, 0) is 31.0 Å². The van der Waals surface area contributed by atoms with E-state index < -0.39 is 5.82 Å². The molecule has 0 aliphatic rings. The maximum atomic E-state index is 13.5. The summed E-state index contributed by atoms with van der Waals surface area (Å²) < 4.78 is 13.5. The number of hydrogen-bond acceptors (Lipinski definition) is 3. The third-order valence-corrected chi connectivity index (χ3v) is 2.18. The van der Waals surface area contributed by atoms with Crippen molar-refractivity contribution in [1.82, 2.24) is 0 Å². The zero-order chi connectivity index (χ0) is 12.0. The number of halogens is 1. The summed E-state index contributed by atoms with van der Waals surface area (Å²) in [5, 5.41) is 17.3. The first-order chi connectivity index (χ1) is 7.69. The van der Waals surface area contributed by atoms with Crippen LogP contribution < -0.4 is 4.90 Å². The van der Waals surface area contributed by atoms with Crippen LogP contribution in [0.15, 0.2) is 18.2 Å². The van der Waals surface area contributed by atoms with E-state index in [2.05, 4.69) is 0 Å². The van der Waals surface area contributed by atoms with Gasteiger partial charge in [0.25, 0.3) is 0 Å². The molecule has 0 atom stereocenters. The van der Waals surface area contributed by atoms with Crippen molar-refractivity contribution >= 4 is 5.69 Å². The largest absolute Gasteiger partial charge is 0.276 e. The van der Waals surface area contributed by atoms with E-state index in [1.807, 2.05) is 19.2 Å². The molecule has 0 aromatic heterocycles. The number of rotatable bonds is 4. The van der Waals surface area contributed by atoms with Gasteiger partial charge in [-0.3, -0.25) is 4.90 Å². The fourth-order valence-electron chi connectivity index (χ4n) is 1.37. The molecule has 0 fully saturated rings. The number of aryl methyl sites for hydroxylation is 1. The Morgan fingerprint density at radius 1 is 1.38 bits per heavy atom. The number of anilines is 1. The molecule has 16 heavy (non-hydrogen) atoms. The Morgan fingerprint density at radius 2 is 2.12 bits per heavy atom. The van der Waals surface area contributed by atoms with E-state index in [1.54, 1.807) is 12.1 Å². The molecule has 0 N–H and O–H groups in total. The van der Waals surface area contributed by atoms with Crippen molar-refractivity contribution in [2.75, 3.05) is 11.4 Å². The van der Waals surface area contributed by atoms with Crippen LogP contribution in [-0.4, -0.2) is 6.54 Å². The molecule has 0 radical (unpaired) electrons. The molecule has 0 saturated heterocycles. The van der Waals surface area contributed by atoms with Gasteiger partial charge in [-0.15, -0.1) is 0 Å². The molecular formula is C12H12FN3. The maximum Gasteiger partial charge on any atom is 0.184 e. The molecule has 1 rings (SSSR count). The summed E-state index contributed by atoms with van der Waals surface area (Å²) in [4.78, 5) is 1.28. The predicted molar refractivity (Wildman–Crippen MR) is 58.9 cm³/mol. The molecule has 0 saturated carbocycles. The lowest BCUT2D eigenvalue weighted by molar-refractivity contribution is 0.623. The Labute approximate surface area is 94.3 Å². The topological polar surface area (TPSA) is 50.8 Å². The van der Waals surface area contributed by atoms with E-state index in [4.69, 9.17) is 10.5 Å². The smallest absolute Gasteiger partial charge is 0.184 e. The van der Waals surface area contributed by atoms with E-state index in [-0.39, 0.29) is 5.69 Å². The molecule has 0 amide bonds. The van der Waals surface area contributed by atoms with Crippen LogP contribution in [-0.2, 0) is 0 Å². The van der Waals surface area contributed by atoms with Crippen LogP contribution in [0.25, 0.3) is 0 Å². The van der Waals surface area contributed by atoms with Gasteiger partial charge < -0.3 is 0 Å². The Bertz CT molecular complexity index is 443. The highest BCUT2D eigenvalue weighted by atomic mass is 19.1. The molecule has 0 aliphatic carbocycles. The Balaban J connectivity index is 2.84. The zero-order valence-corrected chi connectivity index (χ0v) is 9.07. The van der Waals surface area contributed by atoms with E-state index in [0.29, 0.717) is 19.4 Å². The van der Waals surface area contributed by atoms with Crippen molar-refractivity contribution in [3.8, 4) is 12.3 Å². The summed E-state index contributed by atoms with van der Waals surface area (Å²) in [5.74, 6) is -0.413. The van der Waals surface area contributed by atoms with Crippen LogP contribution in [0.4, 0.5) is 10.1 Å². The summed E-state index contributed by atoms with van der Waals surface area (Å²) in [6.45, 7) is 2.21. The van der Waals surface area contributed by atoms with Crippen molar-refractivity contribution in [1.29, 1.82) is 10.5 Å². The minimum atomic E-state index is -0.413. The SMILES string of the molecule is Cc1ccc(F)c(N(C#N)CCCC#N)c1. The number of benzene rings is 1. The van der Waals surface area contributed by atoms with Gasteiger partial charge in [0.2, 0.25) is 0 Å². The Hall–Kier alpha value is -2.07. The van der Waals surface area contributed by atoms with Gasteiger partial charge in [0.15, 0.2) is 6.19 Å². The van der Waals surface area contributed by atoms with E-state index >= 15 is 0 Å². The average Bonchev–Trinajstić information content (AvgIpc) is 2.28. The minimum Gasteiger partial charge on any atom is -0.276 e. The van der Waals surface area contributed by atoms with Crippen LogP contribution in [0, 0.1) is 35.5 Å². The standard InChI is InChI=1S/C12H12FN3/c1-10-4-5-11(13)12(8-10)16(9-15)7-3-2-6-14/h4-5,8H,2-3,7H2,1H3. The van der Waals surface area contributed by atoms with Gasteiger partial charge in [-0.1, -0.05) is 6.07 Å². The second-order valence-electron chi connectivity index (χ2n) is 3.47. The number of unbranched alkanes of at least 4 members (excludes halogenated alkanes) is 1. The van der Waals surface area contributed by atoms with Crippen LogP contribution >= 0.6 is 0 Å². The maximum absolute atomic E-state index is 13.5. The van der Waals surface area contributed by atoms with Crippen LogP contribution in [0.3, 0.4) is 0 Å². The monoisotopic (exact) mass is 217 g/mol. The molecule has 3 nitrogen and oxygen atoms in total. The lowest BCUT2D eigenvalue weighted by Gasteiger charge is -2.16. The molecule has 0 heterocycles. The quantitative estimate of drug-likeness (QED) is 0.442. The van der Waals surface area contributed by atoms with Crippen LogP contribution in [0.5, 0.6) is 0 Å². The summed E-state index contributed by atoms with van der Waals surface area (Å²) in [7, 11) is 0. The first-order valence-corrected chi connectivity index (χ1v) is 4.99. The highest BCUT2D eigenvalue weighted by Crippen LogP contribution is 2.20. The predicted octanol–water partition coefficient (Wildman–Crippen LogP) is 2.73. The molecule has 0 unspecified atom stereocenters. The summed E-state index contributed by atoms with van der Waals surface area (Å²) >= 11 is 0. The van der Waals surface area contributed by atoms with Gasteiger partial charge >= 0.3 is 0 Å². The van der Waals surface area contributed by atoms with Crippen molar-refractivity contribution in [2.45, 2.75) is 19.8 Å².